The van der Waals surface area contributed by atoms with Crippen LogP contribution in [0.15, 0.2) is 237 Å². The van der Waals surface area contributed by atoms with Crippen LogP contribution in [-0.4, -0.2) is 6.71 Å². The third-order valence-electron chi connectivity index (χ3n) is 19.2. The van der Waals surface area contributed by atoms with Crippen LogP contribution in [0.2, 0.25) is 0 Å². The summed E-state index contributed by atoms with van der Waals surface area (Å²) in [5.41, 5.74) is 34.4. The molecule has 17 rings (SSSR count). The fourth-order valence-electron chi connectivity index (χ4n) is 15.9. The summed E-state index contributed by atoms with van der Waals surface area (Å²) in [6.07, 6.45) is 0. The standard InChI is InChI=1S/C76H57BN2/c1-73(2,3)46-34-40-68-66(42-46)77-67-43-47(74(4,5)6)35-41-69(67)79(49-37-39-65-57(45-49)55-25-12-18-31-63(55)76(65)60-28-15-9-22-52(60)53-23-10-16-29-61(53)76)71-33-19-32-70(72(71)77)78(68)48-36-38-64-56(44-48)54-24-11-17-30-62(54)75(64)58-26-13-7-20-50(58)51-21-8-14-27-59(51)75/h7-45H,1-6H3. The predicted molar refractivity (Wildman–Crippen MR) is 330 cm³/mol. The minimum atomic E-state index is -0.411. The van der Waals surface area contributed by atoms with E-state index < -0.39 is 10.8 Å². The monoisotopic (exact) mass is 1010 g/mol. The van der Waals surface area contributed by atoms with E-state index in [9.17, 15) is 0 Å². The van der Waals surface area contributed by atoms with Gasteiger partial charge in [-0.2, -0.15) is 0 Å². The van der Waals surface area contributed by atoms with Crippen molar-refractivity contribution in [3.63, 3.8) is 0 Å². The Hall–Kier alpha value is -8.92. The maximum Gasteiger partial charge on any atom is 0.252 e. The smallest absolute Gasteiger partial charge is 0.252 e. The number of nitrogens with zero attached hydrogens (tertiary/aromatic N) is 2. The Morgan fingerprint density at radius 3 is 0.911 bits per heavy atom. The third-order valence-corrected chi connectivity index (χ3v) is 19.2. The highest BCUT2D eigenvalue weighted by atomic mass is 15.2. The Morgan fingerprint density at radius 2 is 0.582 bits per heavy atom. The van der Waals surface area contributed by atoms with E-state index in [0.29, 0.717) is 0 Å². The van der Waals surface area contributed by atoms with Crippen LogP contribution in [0.25, 0.3) is 44.5 Å². The van der Waals surface area contributed by atoms with Crippen LogP contribution in [0.1, 0.15) is 97.2 Å². The average Bonchev–Trinajstić information content (AvgIpc) is 2.56. The fraction of sp³-hybridized carbons (Fsp3) is 0.132. The first-order valence-corrected chi connectivity index (χ1v) is 28.4. The molecule has 2 heterocycles. The molecule has 2 aliphatic heterocycles. The summed E-state index contributed by atoms with van der Waals surface area (Å²) in [6, 6.07) is 91.6. The second-order valence-electron chi connectivity index (χ2n) is 25.1. The maximum absolute atomic E-state index is 2.61. The first-order chi connectivity index (χ1) is 38.5. The molecule has 2 spiro atoms. The number of rotatable bonds is 2. The van der Waals surface area contributed by atoms with Crippen molar-refractivity contribution in [2.45, 2.75) is 63.2 Å². The molecule has 0 unspecified atom stereocenters. The summed E-state index contributed by atoms with van der Waals surface area (Å²) in [5, 5.41) is 0. The summed E-state index contributed by atoms with van der Waals surface area (Å²) < 4.78 is 0. The van der Waals surface area contributed by atoms with Crippen molar-refractivity contribution in [3.8, 4) is 44.5 Å². The fourth-order valence-corrected chi connectivity index (χ4v) is 15.9. The number of anilines is 6. The van der Waals surface area contributed by atoms with Gasteiger partial charge in [-0.1, -0.05) is 230 Å². The van der Waals surface area contributed by atoms with E-state index >= 15 is 0 Å². The molecule has 4 aliphatic carbocycles. The summed E-state index contributed by atoms with van der Waals surface area (Å²) in [6.45, 7) is 14.1. The molecule has 3 heteroatoms. The second-order valence-corrected chi connectivity index (χ2v) is 25.1. The first-order valence-electron chi connectivity index (χ1n) is 28.4. The van der Waals surface area contributed by atoms with E-state index in [-0.39, 0.29) is 17.5 Å². The van der Waals surface area contributed by atoms with Crippen LogP contribution in [-0.2, 0) is 21.7 Å². The van der Waals surface area contributed by atoms with Gasteiger partial charge in [0.15, 0.2) is 0 Å². The molecule has 374 valence electrons. The molecule has 0 fully saturated rings. The van der Waals surface area contributed by atoms with E-state index in [1.165, 1.54) is 151 Å². The Bertz CT molecular complexity index is 4130. The Labute approximate surface area is 464 Å². The minimum Gasteiger partial charge on any atom is -0.311 e. The van der Waals surface area contributed by atoms with Gasteiger partial charge in [-0.05, 0) is 176 Å². The molecule has 0 saturated carbocycles. The first kappa shape index (κ1) is 45.1. The molecular weight excluding hydrogens is 952 g/mol. The molecule has 0 bridgehead atoms. The zero-order chi connectivity index (χ0) is 52.9. The second kappa shape index (κ2) is 15.4. The van der Waals surface area contributed by atoms with Gasteiger partial charge in [0.1, 0.15) is 0 Å². The van der Waals surface area contributed by atoms with Gasteiger partial charge < -0.3 is 9.80 Å². The van der Waals surface area contributed by atoms with Crippen molar-refractivity contribution < 1.29 is 0 Å². The highest BCUT2D eigenvalue weighted by Gasteiger charge is 2.54. The molecule has 6 aliphatic rings. The van der Waals surface area contributed by atoms with E-state index in [4.69, 9.17) is 0 Å². The van der Waals surface area contributed by atoms with Crippen molar-refractivity contribution in [3.05, 3.63) is 292 Å². The Kier molecular flexibility index (Phi) is 8.81. The average molecular weight is 1010 g/mol. The SMILES string of the molecule is CC(C)(C)c1ccc2c(c1)B1c3cc(C(C)(C)C)ccc3N(c3ccc4c(c3)-c3ccccc3C43c4ccccc4-c4ccccc43)c3cccc(c31)N2c1ccc2c(c1)-c1ccccc1C21c2ccccc2-c2ccccc21. The zero-order valence-electron chi connectivity index (χ0n) is 45.5. The molecule has 11 aromatic rings. The van der Waals surface area contributed by atoms with E-state index in [0.717, 1.165) is 0 Å². The zero-order valence-corrected chi connectivity index (χ0v) is 45.5. The van der Waals surface area contributed by atoms with Gasteiger partial charge in [0.2, 0.25) is 0 Å². The lowest BCUT2D eigenvalue weighted by Gasteiger charge is -2.45. The molecule has 0 amide bonds. The molecule has 0 N–H and O–H groups in total. The quantitative estimate of drug-likeness (QED) is 0.159. The maximum atomic E-state index is 2.61. The van der Waals surface area contributed by atoms with Gasteiger partial charge in [0, 0.05) is 34.1 Å². The topological polar surface area (TPSA) is 6.48 Å². The summed E-state index contributed by atoms with van der Waals surface area (Å²) in [5.74, 6) is 0. The predicted octanol–water partition coefficient (Wildman–Crippen LogP) is 17.1. The number of benzene rings is 11. The van der Waals surface area contributed by atoms with Crippen LogP contribution < -0.4 is 26.2 Å². The molecule has 0 aromatic heterocycles. The molecule has 2 nitrogen and oxygen atoms in total. The summed E-state index contributed by atoms with van der Waals surface area (Å²) in [4.78, 5) is 5.21. The highest BCUT2D eigenvalue weighted by Crippen LogP contribution is 2.65. The Balaban J connectivity index is 0.910. The van der Waals surface area contributed by atoms with Crippen LogP contribution in [0.4, 0.5) is 34.1 Å². The van der Waals surface area contributed by atoms with Crippen molar-refractivity contribution in [2.24, 2.45) is 0 Å². The normalized spacial score (nSPS) is 15.3. The van der Waals surface area contributed by atoms with Crippen LogP contribution in [0.3, 0.4) is 0 Å². The largest absolute Gasteiger partial charge is 0.311 e. The van der Waals surface area contributed by atoms with Crippen LogP contribution in [0, 0.1) is 0 Å². The van der Waals surface area contributed by atoms with E-state index in [1.54, 1.807) is 0 Å². The number of hydrogen-bond acceptors (Lipinski definition) is 2. The van der Waals surface area contributed by atoms with Gasteiger partial charge in [0.25, 0.3) is 6.71 Å². The lowest BCUT2D eigenvalue weighted by atomic mass is 9.33. The van der Waals surface area contributed by atoms with Crippen molar-refractivity contribution in [2.75, 3.05) is 9.80 Å². The lowest BCUT2D eigenvalue weighted by molar-refractivity contribution is 0.590. The number of hydrogen-bond donors (Lipinski definition) is 0. The molecule has 0 radical (unpaired) electrons. The summed E-state index contributed by atoms with van der Waals surface area (Å²) >= 11 is 0. The van der Waals surface area contributed by atoms with Gasteiger partial charge in [-0.25, -0.2) is 0 Å². The molecule has 0 atom stereocenters. The molecule has 11 aromatic carbocycles. The van der Waals surface area contributed by atoms with Crippen LogP contribution in [0.5, 0.6) is 0 Å². The van der Waals surface area contributed by atoms with Crippen molar-refractivity contribution in [1.82, 2.24) is 0 Å². The molecule has 0 saturated heterocycles. The Morgan fingerprint density at radius 1 is 0.278 bits per heavy atom. The molecular formula is C76H57BN2. The number of fused-ring (bicyclic) bond motifs is 24. The van der Waals surface area contributed by atoms with Gasteiger partial charge in [-0.15, -0.1) is 0 Å². The lowest BCUT2D eigenvalue weighted by Crippen LogP contribution is -2.61. The molecule has 79 heavy (non-hydrogen) atoms. The minimum absolute atomic E-state index is 0.0110. The van der Waals surface area contributed by atoms with Gasteiger partial charge >= 0.3 is 0 Å². The van der Waals surface area contributed by atoms with E-state index in [1.807, 2.05) is 0 Å². The third kappa shape index (κ3) is 5.63. The summed E-state index contributed by atoms with van der Waals surface area (Å²) in [7, 11) is 0. The van der Waals surface area contributed by atoms with E-state index in [2.05, 4.69) is 288 Å². The van der Waals surface area contributed by atoms with Crippen LogP contribution >= 0.6 is 0 Å². The van der Waals surface area contributed by atoms with Gasteiger partial charge in [-0.3, -0.25) is 0 Å². The van der Waals surface area contributed by atoms with Gasteiger partial charge in [0.05, 0.1) is 10.8 Å². The van der Waals surface area contributed by atoms with Crippen molar-refractivity contribution in [1.29, 1.82) is 0 Å². The highest BCUT2D eigenvalue weighted by molar-refractivity contribution is 7.00. The van der Waals surface area contributed by atoms with Crippen molar-refractivity contribution >= 4 is 57.2 Å².